The van der Waals surface area contributed by atoms with Gasteiger partial charge in [-0.1, -0.05) is 144 Å². The van der Waals surface area contributed by atoms with Crippen LogP contribution in [0.15, 0.2) is 138 Å². The summed E-state index contributed by atoms with van der Waals surface area (Å²) in [6.07, 6.45) is 3.22. The Bertz CT molecular complexity index is 3010. The Labute approximate surface area is 382 Å². The number of hydrogen-bond acceptors (Lipinski definition) is 3. The number of pyridine rings is 1. The van der Waals surface area contributed by atoms with Gasteiger partial charge in [0.1, 0.15) is 5.58 Å². The van der Waals surface area contributed by atoms with Crippen LogP contribution < -0.4 is 5.19 Å². The molecule has 0 atom stereocenters. The van der Waals surface area contributed by atoms with E-state index in [4.69, 9.17) is 14.4 Å². The van der Waals surface area contributed by atoms with Gasteiger partial charge in [-0.15, -0.1) is 53.6 Å². The topological polar surface area (TPSA) is 43.9 Å². The van der Waals surface area contributed by atoms with Crippen LogP contribution in [0.5, 0.6) is 0 Å². The molecule has 6 heteroatoms. The first kappa shape index (κ1) is 44.7. The SMILES string of the molecule is CC(C)(C)Cc1cc(-c2[c-]ccc(C(C)(C)C)c2)ncc1[Si](C)(C)C.Cc1cc(-c2ccccc2)cc(C)c1-n1c(-c2[c-]ccc3c2oc2ccccc23)nc2ccccc21.[Ir]. The fourth-order valence-electron chi connectivity index (χ4n) is 8.50. The van der Waals surface area contributed by atoms with Crippen molar-refractivity contribution in [1.29, 1.82) is 0 Å². The van der Waals surface area contributed by atoms with Crippen LogP contribution in [-0.2, 0) is 31.9 Å². The number of nitrogens with zero attached hydrogens (tertiary/aromatic N) is 3. The summed E-state index contributed by atoms with van der Waals surface area (Å²) in [5, 5.41) is 3.66. The molecule has 0 spiro atoms. The largest absolute Gasteiger partial charge is 0.501 e. The second-order valence-corrected chi connectivity index (χ2v) is 24.8. The van der Waals surface area contributed by atoms with E-state index in [0.29, 0.717) is 0 Å². The van der Waals surface area contributed by atoms with E-state index in [1.54, 1.807) is 0 Å². The van der Waals surface area contributed by atoms with Gasteiger partial charge in [0.05, 0.1) is 30.5 Å². The van der Waals surface area contributed by atoms with E-state index in [9.17, 15) is 0 Å². The zero-order valence-corrected chi connectivity index (χ0v) is 41.4. The van der Waals surface area contributed by atoms with Crippen LogP contribution in [0, 0.1) is 31.4 Å². The number of aromatic nitrogens is 3. The molecule has 0 saturated heterocycles. The van der Waals surface area contributed by atoms with Gasteiger partial charge < -0.3 is 14.0 Å². The Kier molecular flexibility index (Phi) is 12.5. The van der Waals surface area contributed by atoms with E-state index in [1.165, 1.54) is 38.6 Å². The minimum Gasteiger partial charge on any atom is -0.501 e. The van der Waals surface area contributed by atoms with Gasteiger partial charge in [0.25, 0.3) is 0 Å². The van der Waals surface area contributed by atoms with Gasteiger partial charge in [0.2, 0.25) is 0 Å². The maximum absolute atomic E-state index is 6.38. The number of furan rings is 1. The summed E-state index contributed by atoms with van der Waals surface area (Å²) in [7, 11) is -1.42. The summed E-state index contributed by atoms with van der Waals surface area (Å²) >= 11 is 0. The summed E-state index contributed by atoms with van der Waals surface area (Å²) in [4.78, 5) is 9.95. The molecule has 6 aromatic carbocycles. The van der Waals surface area contributed by atoms with Gasteiger partial charge in [-0.3, -0.25) is 4.98 Å². The molecule has 0 saturated carbocycles. The standard InChI is InChI=1S/C33H23N2O.C23H34NSi.Ir/c1-21-19-24(23-11-4-3-5-12-23)20-22(2)31(21)35-29-17-8-7-16-28(29)34-33(35)27-15-10-14-26-25-13-6-9-18-30(25)36-32(26)27;1-22(2,3)15-18-14-20(24-16-21(18)25(7,8)9)17-11-10-12-19(13-17)23(4,5)6;/h3-14,16-20H,1-2H3;10,12-14,16H,15H2,1-9H3;/q2*-1;. The molecule has 9 aromatic rings. The second-order valence-electron chi connectivity index (χ2n) is 19.7. The van der Waals surface area contributed by atoms with E-state index in [-0.39, 0.29) is 30.9 Å². The van der Waals surface area contributed by atoms with Crippen molar-refractivity contribution in [2.75, 3.05) is 0 Å². The third-order valence-electron chi connectivity index (χ3n) is 11.4. The van der Waals surface area contributed by atoms with Crippen LogP contribution in [0.2, 0.25) is 19.6 Å². The molecule has 0 amide bonds. The summed E-state index contributed by atoms with van der Waals surface area (Å²) < 4.78 is 8.65. The van der Waals surface area contributed by atoms with E-state index in [0.717, 1.165) is 67.7 Å². The van der Waals surface area contributed by atoms with Gasteiger partial charge in [-0.2, -0.15) is 0 Å². The number of hydrogen-bond donors (Lipinski definition) is 0. The molecular weight excluding hydrogens is 951 g/mol. The van der Waals surface area contributed by atoms with E-state index in [2.05, 4.69) is 189 Å². The normalized spacial score (nSPS) is 12.0. The van der Waals surface area contributed by atoms with Crippen molar-refractivity contribution in [2.45, 2.75) is 86.9 Å². The summed E-state index contributed by atoms with van der Waals surface area (Å²) in [6.45, 7) is 25.3. The van der Waals surface area contributed by atoms with Crippen molar-refractivity contribution in [1.82, 2.24) is 14.5 Å². The molecule has 1 radical (unpaired) electrons. The van der Waals surface area contributed by atoms with Crippen molar-refractivity contribution in [3.05, 3.63) is 168 Å². The number of imidazole rings is 1. The molecule has 0 aliphatic carbocycles. The first-order chi connectivity index (χ1) is 29.0. The van der Waals surface area contributed by atoms with Crippen LogP contribution in [0.3, 0.4) is 0 Å². The van der Waals surface area contributed by atoms with E-state index < -0.39 is 8.07 Å². The Morgan fingerprint density at radius 2 is 1.35 bits per heavy atom. The Hall–Kier alpha value is -5.39. The fourth-order valence-corrected chi connectivity index (χ4v) is 10.1. The maximum atomic E-state index is 6.38. The van der Waals surface area contributed by atoms with Gasteiger partial charge in [0.15, 0.2) is 0 Å². The molecule has 9 rings (SSSR count). The smallest absolute Gasteiger partial charge is 0.120 e. The molecule has 3 aromatic heterocycles. The number of rotatable bonds is 6. The first-order valence-electron chi connectivity index (χ1n) is 21.5. The first-order valence-corrected chi connectivity index (χ1v) is 25.0. The van der Waals surface area contributed by atoms with Crippen LogP contribution in [0.1, 0.15) is 63.8 Å². The van der Waals surface area contributed by atoms with Crippen molar-refractivity contribution >= 4 is 46.2 Å². The second kappa shape index (κ2) is 17.4. The molecule has 317 valence electrons. The predicted molar refractivity (Wildman–Crippen MR) is 261 cm³/mol. The summed E-state index contributed by atoms with van der Waals surface area (Å²) in [5.41, 5.74) is 15.8. The zero-order chi connectivity index (χ0) is 43.3. The van der Waals surface area contributed by atoms with Crippen molar-refractivity contribution in [3.8, 4) is 39.5 Å². The Balaban J connectivity index is 0.000000197. The quantitative estimate of drug-likeness (QED) is 0.123. The minimum absolute atomic E-state index is 0. The fraction of sp³-hybridized carbons (Fsp3) is 0.250. The molecule has 0 aliphatic rings. The predicted octanol–water partition coefficient (Wildman–Crippen LogP) is 14.7. The molecule has 62 heavy (non-hydrogen) atoms. The molecule has 0 aliphatic heterocycles. The summed E-state index contributed by atoms with van der Waals surface area (Å²) in [6, 6.07) is 51.2. The number of aryl methyl sites for hydroxylation is 2. The maximum Gasteiger partial charge on any atom is 0.120 e. The van der Waals surface area contributed by atoms with Crippen molar-refractivity contribution in [3.63, 3.8) is 0 Å². The molecule has 0 fully saturated rings. The van der Waals surface area contributed by atoms with Crippen LogP contribution in [0.4, 0.5) is 0 Å². The number of benzene rings is 6. The van der Waals surface area contributed by atoms with Crippen molar-refractivity contribution in [2.24, 2.45) is 5.41 Å². The average molecular weight is 1010 g/mol. The third kappa shape index (κ3) is 9.20. The van der Waals surface area contributed by atoms with Crippen LogP contribution in [0.25, 0.3) is 72.4 Å². The van der Waals surface area contributed by atoms with Crippen LogP contribution >= 0.6 is 0 Å². The number of fused-ring (bicyclic) bond motifs is 4. The average Bonchev–Trinajstić information content (AvgIpc) is 3.79. The molecule has 0 N–H and O–H groups in total. The molecule has 4 nitrogen and oxygen atoms in total. The van der Waals surface area contributed by atoms with Gasteiger partial charge in [-0.25, -0.2) is 0 Å². The van der Waals surface area contributed by atoms with Gasteiger partial charge >= 0.3 is 0 Å². The number of para-hydroxylation sites is 3. The molecule has 0 unspecified atom stereocenters. The van der Waals surface area contributed by atoms with Gasteiger partial charge in [-0.05, 0) is 94.6 Å². The van der Waals surface area contributed by atoms with E-state index in [1.807, 2.05) is 36.4 Å². The summed E-state index contributed by atoms with van der Waals surface area (Å²) in [5.74, 6) is 0.833. The van der Waals surface area contributed by atoms with Crippen molar-refractivity contribution < 1.29 is 24.5 Å². The molecular formula is C56H57IrN3OSi-2. The Morgan fingerprint density at radius 3 is 2.05 bits per heavy atom. The molecule has 3 heterocycles. The van der Waals surface area contributed by atoms with E-state index >= 15 is 0 Å². The third-order valence-corrected chi connectivity index (χ3v) is 13.5. The monoisotopic (exact) mass is 1010 g/mol. The molecule has 0 bridgehead atoms. The van der Waals surface area contributed by atoms with Gasteiger partial charge in [0, 0.05) is 37.4 Å². The minimum atomic E-state index is -1.42. The van der Waals surface area contributed by atoms with Crippen LogP contribution in [-0.4, -0.2) is 22.6 Å². The zero-order valence-electron chi connectivity index (χ0n) is 38.0. The Morgan fingerprint density at radius 1 is 0.694 bits per heavy atom.